The van der Waals surface area contributed by atoms with Gasteiger partial charge in [-0.05, 0) is 54.4 Å². The number of benzene rings is 2. The number of carbonyl (C=O) groups excluding carboxylic acids is 2. The SMILES string of the molecule is CNC(=O)Nc1cc(-c2cccc(NC(=O)c3ccc(N(C)C)cc3)c2C)cn(C)c1=O. The smallest absolute Gasteiger partial charge is 0.319 e. The number of aromatic nitrogens is 1. The van der Waals surface area contributed by atoms with Crippen molar-refractivity contribution < 1.29 is 9.59 Å². The van der Waals surface area contributed by atoms with Crippen molar-refractivity contribution in [1.82, 2.24) is 9.88 Å². The first-order valence-electron chi connectivity index (χ1n) is 10.1. The summed E-state index contributed by atoms with van der Waals surface area (Å²) in [5, 5.41) is 7.96. The van der Waals surface area contributed by atoms with Gasteiger partial charge in [-0.25, -0.2) is 4.79 Å². The Bertz CT molecular complexity index is 1210. The fourth-order valence-corrected chi connectivity index (χ4v) is 3.32. The third kappa shape index (κ3) is 4.80. The molecule has 166 valence electrons. The summed E-state index contributed by atoms with van der Waals surface area (Å²) in [5.41, 5.74) is 4.49. The third-order valence-corrected chi connectivity index (χ3v) is 5.20. The van der Waals surface area contributed by atoms with Crippen LogP contribution < -0.4 is 26.4 Å². The number of carbonyl (C=O) groups is 2. The molecule has 0 spiro atoms. The molecule has 0 aliphatic heterocycles. The number of hydrogen-bond acceptors (Lipinski definition) is 4. The first-order chi connectivity index (χ1) is 15.2. The second-order valence-corrected chi connectivity index (χ2v) is 7.64. The molecule has 8 nitrogen and oxygen atoms in total. The van der Waals surface area contributed by atoms with Crippen molar-refractivity contribution in [2.24, 2.45) is 7.05 Å². The van der Waals surface area contributed by atoms with Gasteiger partial charge in [-0.3, -0.25) is 9.59 Å². The first kappa shape index (κ1) is 22.6. The topological polar surface area (TPSA) is 95.5 Å². The molecule has 0 saturated heterocycles. The predicted octanol–water partition coefficient (Wildman–Crippen LogP) is 3.43. The molecule has 3 rings (SSSR count). The summed E-state index contributed by atoms with van der Waals surface area (Å²) in [4.78, 5) is 38.8. The molecule has 0 atom stereocenters. The van der Waals surface area contributed by atoms with Crippen molar-refractivity contribution >= 4 is 29.0 Å². The van der Waals surface area contributed by atoms with Crippen LogP contribution >= 0.6 is 0 Å². The Morgan fingerprint density at radius 1 is 0.969 bits per heavy atom. The zero-order valence-electron chi connectivity index (χ0n) is 18.8. The Morgan fingerprint density at radius 2 is 1.66 bits per heavy atom. The molecule has 3 amide bonds. The van der Waals surface area contributed by atoms with Crippen molar-refractivity contribution in [3.63, 3.8) is 0 Å². The highest BCUT2D eigenvalue weighted by Crippen LogP contribution is 2.29. The van der Waals surface area contributed by atoms with Crippen LogP contribution in [0.4, 0.5) is 21.9 Å². The lowest BCUT2D eigenvalue weighted by Gasteiger charge is -2.15. The van der Waals surface area contributed by atoms with E-state index in [1.165, 1.54) is 11.6 Å². The molecule has 0 aliphatic carbocycles. The number of amides is 3. The van der Waals surface area contributed by atoms with Crippen LogP contribution in [-0.2, 0) is 7.05 Å². The van der Waals surface area contributed by atoms with E-state index in [-0.39, 0.29) is 17.2 Å². The standard InChI is InChI=1S/C24H27N5O3/c1-15-19(17-13-21(27-24(32)25-2)23(31)29(5)14-17)7-6-8-20(15)26-22(30)16-9-11-18(12-10-16)28(3)4/h6-14H,1-5H3,(H,26,30)(H2,25,27,32). The maximum Gasteiger partial charge on any atom is 0.319 e. The van der Waals surface area contributed by atoms with E-state index >= 15 is 0 Å². The van der Waals surface area contributed by atoms with Crippen LogP contribution in [0.5, 0.6) is 0 Å². The van der Waals surface area contributed by atoms with Crippen LogP contribution in [0.15, 0.2) is 59.5 Å². The van der Waals surface area contributed by atoms with Crippen molar-refractivity contribution in [3.8, 4) is 11.1 Å². The van der Waals surface area contributed by atoms with E-state index in [0.29, 0.717) is 11.3 Å². The molecule has 1 aromatic heterocycles. The first-order valence-corrected chi connectivity index (χ1v) is 10.1. The summed E-state index contributed by atoms with van der Waals surface area (Å²) in [6.07, 6.45) is 1.70. The molecular formula is C24H27N5O3. The van der Waals surface area contributed by atoms with Gasteiger partial charge in [0.25, 0.3) is 11.5 Å². The maximum atomic E-state index is 12.8. The number of hydrogen-bond donors (Lipinski definition) is 3. The fraction of sp³-hybridized carbons (Fsp3) is 0.208. The highest BCUT2D eigenvalue weighted by atomic mass is 16.2. The van der Waals surface area contributed by atoms with Crippen LogP contribution in [0.1, 0.15) is 15.9 Å². The minimum atomic E-state index is -0.475. The van der Waals surface area contributed by atoms with Gasteiger partial charge in [-0.2, -0.15) is 0 Å². The molecule has 2 aromatic carbocycles. The van der Waals surface area contributed by atoms with Crippen molar-refractivity contribution in [3.05, 3.63) is 76.2 Å². The second-order valence-electron chi connectivity index (χ2n) is 7.64. The number of nitrogens with one attached hydrogen (secondary N) is 3. The Labute approximate surface area is 186 Å². The molecule has 1 heterocycles. The van der Waals surface area contributed by atoms with Crippen LogP contribution in [-0.4, -0.2) is 37.6 Å². The van der Waals surface area contributed by atoms with Gasteiger partial charge < -0.3 is 25.4 Å². The number of pyridine rings is 1. The lowest BCUT2D eigenvalue weighted by molar-refractivity contribution is 0.102. The van der Waals surface area contributed by atoms with Crippen LogP contribution in [0.3, 0.4) is 0 Å². The summed E-state index contributed by atoms with van der Waals surface area (Å²) in [6.45, 7) is 1.90. The summed E-state index contributed by atoms with van der Waals surface area (Å²) < 4.78 is 1.41. The zero-order chi connectivity index (χ0) is 23.4. The summed E-state index contributed by atoms with van der Waals surface area (Å²) in [7, 11) is 6.99. The maximum absolute atomic E-state index is 12.8. The lowest BCUT2D eigenvalue weighted by Crippen LogP contribution is -2.29. The van der Waals surface area contributed by atoms with E-state index in [4.69, 9.17) is 0 Å². The summed E-state index contributed by atoms with van der Waals surface area (Å²) >= 11 is 0. The average Bonchev–Trinajstić information content (AvgIpc) is 2.78. The average molecular weight is 434 g/mol. The summed E-state index contributed by atoms with van der Waals surface area (Å²) in [6, 6.07) is 14.1. The van der Waals surface area contributed by atoms with Crippen molar-refractivity contribution in [1.29, 1.82) is 0 Å². The largest absolute Gasteiger partial charge is 0.378 e. The molecule has 0 saturated carbocycles. The van der Waals surface area contributed by atoms with Gasteiger partial charge in [0, 0.05) is 56.9 Å². The van der Waals surface area contributed by atoms with E-state index in [1.807, 2.05) is 56.3 Å². The Balaban J connectivity index is 1.92. The van der Waals surface area contributed by atoms with E-state index in [2.05, 4.69) is 16.0 Å². The van der Waals surface area contributed by atoms with Gasteiger partial charge in [-0.15, -0.1) is 0 Å². The van der Waals surface area contributed by atoms with Gasteiger partial charge in [0.05, 0.1) is 0 Å². The second kappa shape index (κ2) is 9.38. The minimum Gasteiger partial charge on any atom is -0.378 e. The lowest BCUT2D eigenvalue weighted by atomic mass is 10.00. The minimum absolute atomic E-state index is 0.166. The van der Waals surface area contributed by atoms with Crippen molar-refractivity contribution in [2.45, 2.75) is 6.92 Å². The normalized spacial score (nSPS) is 10.4. The highest BCUT2D eigenvalue weighted by molar-refractivity contribution is 6.05. The molecule has 0 bridgehead atoms. The number of anilines is 3. The van der Waals surface area contributed by atoms with Crippen LogP contribution in [0.2, 0.25) is 0 Å². The molecular weight excluding hydrogens is 406 g/mol. The third-order valence-electron chi connectivity index (χ3n) is 5.20. The Hall–Kier alpha value is -4.07. The molecule has 3 aromatic rings. The number of nitrogens with zero attached hydrogens (tertiary/aromatic N) is 2. The summed E-state index contributed by atoms with van der Waals surface area (Å²) in [5.74, 6) is -0.210. The molecule has 8 heteroatoms. The number of aryl methyl sites for hydroxylation is 1. The van der Waals surface area contributed by atoms with E-state index in [1.54, 1.807) is 31.4 Å². The van der Waals surface area contributed by atoms with Gasteiger partial charge in [0.1, 0.15) is 5.69 Å². The Kier molecular flexibility index (Phi) is 6.63. The van der Waals surface area contributed by atoms with Gasteiger partial charge >= 0.3 is 6.03 Å². The highest BCUT2D eigenvalue weighted by Gasteiger charge is 2.14. The Morgan fingerprint density at radius 3 is 2.28 bits per heavy atom. The molecule has 3 N–H and O–H groups in total. The number of urea groups is 1. The van der Waals surface area contributed by atoms with Gasteiger partial charge in [0.2, 0.25) is 0 Å². The number of rotatable bonds is 5. The van der Waals surface area contributed by atoms with Crippen molar-refractivity contribution in [2.75, 3.05) is 36.7 Å². The van der Waals surface area contributed by atoms with Gasteiger partial charge in [0.15, 0.2) is 0 Å². The monoisotopic (exact) mass is 433 g/mol. The van der Waals surface area contributed by atoms with Crippen LogP contribution in [0.25, 0.3) is 11.1 Å². The van der Waals surface area contributed by atoms with E-state index in [9.17, 15) is 14.4 Å². The molecule has 0 unspecified atom stereocenters. The quantitative estimate of drug-likeness (QED) is 0.574. The fourth-order valence-electron chi connectivity index (χ4n) is 3.32. The predicted molar refractivity (Wildman–Crippen MR) is 129 cm³/mol. The van der Waals surface area contributed by atoms with Gasteiger partial charge in [-0.1, -0.05) is 12.1 Å². The molecule has 0 fully saturated rings. The zero-order valence-corrected chi connectivity index (χ0v) is 18.8. The van der Waals surface area contributed by atoms with E-state index < -0.39 is 6.03 Å². The van der Waals surface area contributed by atoms with E-state index in [0.717, 1.165) is 22.4 Å². The molecule has 32 heavy (non-hydrogen) atoms. The molecule has 0 radical (unpaired) electrons. The van der Waals surface area contributed by atoms with Crippen LogP contribution in [0, 0.1) is 6.92 Å². The molecule has 0 aliphatic rings.